The number of nitrogen functional groups attached to an aromatic ring is 2. The number of hydrogen-bond acceptors (Lipinski definition) is 8. The van der Waals surface area contributed by atoms with Gasteiger partial charge in [-0.3, -0.25) is 4.57 Å². The van der Waals surface area contributed by atoms with Gasteiger partial charge in [0.15, 0.2) is 17.3 Å². The second-order valence-electron chi connectivity index (χ2n) is 5.66. The quantitative estimate of drug-likeness (QED) is 0.697. The molecule has 24 heavy (non-hydrogen) atoms. The minimum absolute atomic E-state index is 0.254. The molecule has 1 saturated heterocycles. The summed E-state index contributed by atoms with van der Waals surface area (Å²) < 4.78 is 7.11. The van der Waals surface area contributed by atoms with Crippen molar-refractivity contribution in [3.63, 3.8) is 0 Å². The number of rotatable bonds is 2. The largest absolute Gasteiger partial charge is 0.382 e. The van der Waals surface area contributed by atoms with E-state index in [2.05, 4.69) is 24.8 Å². The van der Waals surface area contributed by atoms with Crippen LogP contribution in [0.2, 0.25) is 0 Å². The zero-order chi connectivity index (χ0) is 16.7. The molecule has 0 unspecified atom stereocenters. The lowest BCUT2D eigenvalue weighted by atomic mass is 10.2. The zero-order valence-electron chi connectivity index (χ0n) is 13.3. The first-order valence-electron chi connectivity index (χ1n) is 7.69. The van der Waals surface area contributed by atoms with Crippen LogP contribution in [0.1, 0.15) is 5.56 Å². The highest BCUT2D eigenvalue weighted by atomic mass is 16.5. The molecule has 3 aliphatic rings. The Morgan fingerprint density at radius 1 is 1.12 bits per heavy atom. The Kier molecular flexibility index (Phi) is 3.42. The van der Waals surface area contributed by atoms with Gasteiger partial charge in [-0.1, -0.05) is 0 Å². The summed E-state index contributed by atoms with van der Waals surface area (Å²) in [5.41, 5.74) is 14.3. The summed E-state index contributed by atoms with van der Waals surface area (Å²) in [5, 5.41) is 0. The van der Waals surface area contributed by atoms with Crippen molar-refractivity contribution >= 4 is 17.6 Å². The standard InChI is InChI=1S/C15H18N8O/c1-9-6-11(22-2-4-24-5-3-22)18-7-10(9)23-14-12(19-8-20-14)13(16)21-15(23)17/h6-8H,2-5,16H2,1H3,(H2,17,21). The number of nitrogens with zero attached hydrogens (tertiary/aromatic N) is 6. The average molecular weight is 326 g/mol. The van der Waals surface area contributed by atoms with Crippen molar-refractivity contribution < 1.29 is 4.74 Å². The molecule has 1 aromatic heterocycles. The monoisotopic (exact) mass is 326 g/mol. The second-order valence-corrected chi connectivity index (χ2v) is 5.66. The number of hydrogen-bond donors (Lipinski definition) is 2. The van der Waals surface area contributed by atoms with E-state index in [0.29, 0.717) is 11.5 Å². The van der Waals surface area contributed by atoms with Gasteiger partial charge in [0, 0.05) is 13.1 Å². The number of pyridine rings is 1. The van der Waals surface area contributed by atoms with E-state index in [1.807, 2.05) is 13.0 Å². The maximum Gasteiger partial charge on any atom is 0.208 e. The van der Waals surface area contributed by atoms with Gasteiger partial charge >= 0.3 is 0 Å². The van der Waals surface area contributed by atoms with Gasteiger partial charge in [-0.05, 0) is 18.6 Å². The van der Waals surface area contributed by atoms with Crippen LogP contribution in [-0.2, 0) is 4.74 Å². The molecule has 0 amide bonds. The second kappa shape index (κ2) is 5.60. The molecule has 4 rings (SSSR count). The number of ether oxygens (including phenoxy) is 1. The molecule has 4 heterocycles. The molecular formula is C15H18N8O. The van der Waals surface area contributed by atoms with Crippen LogP contribution in [0, 0.1) is 6.92 Å². The summed E-state index contributed by atoms with van der Waals surface area (Å²) in [4.78, 5) is 19.4. The summed E-state index contributed by atoms with van der Waals surface area (Å²) in [6.07, 6.45) is 3.23. The van der Waals surface area contributed by atoms with Gasteiger partial charge in [-0.15, -0.1) is 0 Å². The third-order valence-corrected chi connectivity index (χ3v) is 4.14. The molecule has 1 fully saturated rings. The molecule has 1 aromatic rings. The van der Waals surface area contributed by atoms with Crippen molar-refractivity contribution in [2.75, 3.05) is 42.7 Å². The van der Waals surface area contributed by atoms with Crippen molar-refractivity contribution in [2.45, 2.75) is 6.92 Å². The number of anilines is 3. The Hall–Kier alpha value is -2.94. The fourth-order valence-electron chi connectivity index (χ4n) is 2.91. The predicted molar refractivity (Wildman–Crippen MR) is 90.2 cm³/mol. The Morgan fingerprint density at radius 2 is 1.92 bits per heavy atom. The number of aryl methyl sites for hydroxylation is 1. The number of fused-ring (bicyclic) bond motifs is 1. The predicted octanol–water partition coefficient (Wildman–Crippen LogP) is 0.472. The van der Waals surface area contributed by atoms with Gasteiger partial charge in [-0.2, -0.15) is 4.98 Å². The van der Waals surface area contributed by atoms with Gasteiger partial charge in [0.05, 0.1) is 25.1 Å². The Labute approximate surface area is 138 Å². The van der Waals surface area contributed by atoms with E-state index < -0.39 is 0 Å². The molecule has 9 nitrogen and oxygen atoms in total. The van der Waals surface area contributed by atoms with Crippen LogP contribution in [0.25, 0.3) is 17.2 Å². The van der Waals surface area contributed by atoms with Crippen molar-refractivity contribution in [3.05, 3.63) is 24.2 Å². The highest BCUT2D eigenvalue weighted by molar-refractivity contribution is 5.70. The molecule has 0 atom stereocenters. The summed E-state index contributed by atoms with van der Waals surface area (Å²) >= 11 is 0. The fraction of sp³-hybridized carbons (Fsp3) is 0.333. The van der Waals surface area contributed by atoms with Crippen LogP contribution < -0.4 is 16.4 Å². The Balaban J connectivity index is 1.79. The lowest BCUT2D eigenvalue weighted by molar-refractivity contribution is 0.122. The SMILES string of the molecule is Cc1cc(N2CCOCC2)ncc1-n1c(N)nc(N)c2ncnc1-2. The van der Waals surface area contributed by atoms with E-state index in [0.717, 1.165) is 43.4 Å². The Bertz CT molecular complexity index is 855. The minimum Gasteiger partial charge on any atom is -0.382 e. The third-order valence-electron chi connectivity index (χ3n) is 4.14. The molecule has 4 N–H and O–H groups in total. The third kappa shape index (κ3) is 2.29. The molecule has 0 aliphatic carbocycles. The van der Waals surface area contributed by atoms with Crippen LogP contribution >= 0.6 is 0 Å². The first-order chi connectivity index (χ1) is 11.6. The van der Waals surface area contributed by atoms with E-state index in [4.69, 9.17) is 16.2 Å². The first kappa shape index (κ1) is 14.6. The Morgan fingerprint density at radius 3 is 2.67 bits per heavy atom. The van der Waals surface area contributed by atoms with Crippen molar-refractivity contribution in [1.29, 1.82) is 0 Å². The van der Waals surface area contributed by atoms with E-state index in [1.54, 1.807) is 10.8 Å². The van der Waals surface area contributed by atoms with Crippen molar-refractivity contribution in [1.82, 2.24) is 24.5 Å². The summed E-state index contributed by atoms with van der Waals surface area (Å²) in [6, 6.07) is 2.03. The van der Waals surface area contributed by atoms with E-state index >= 15 is 0 Å². The number of nitrogens with two attached hydrogens (primary N) is 2. The summed E-state index contributed by atoms with van der Waals surface area (Å²) in [6.45, 7) is 5.11. The topological polar surface area (TPSA) is 121 Å². The summed E-state index contributed by atoms with van der Waals surface area (Å²) in [7, 11) is 0. The molecule has 124 valence electrons. The highest BCUT2D eigenvalue weighted by Crippen LogP contribution is 2.30. The molecule has 0 saturated carbocycles. The van der Waals surface area contributed by atoms with Gasteiger partial charge in [0.2, 0.25) is 5.95 Å². The van der Waals surface area contributed by atoms with Gasteiger partial charge in [-0.25, -0.2) is 15.0 Å². The molecule has 0 bridgehead atoms. The van der Waals surface area contributed by atoms with Crippen molar-refractivity contribution in [3.8, 4) is 17.2 Å². The van der Waals surface area contributed by atoms with Crippen LogP contribution in [0.5, 0.6) is 0 Å². The van der Waals surface area contributed by atoms with Crippen molar-refractivity contribution in [2.24, 2.45) is 0 Å². The van der Waals surface area contributed by atoms with E-state index in [-0.39, 0.29) is 11.8 Å². The molecule has 9 heteroatoms. The van der Waals surface area contributed by atoms with Gasteiger partial charge in [0.25, 0.3) is 0 Å². The van der Waals surface area contributed by atoms with Crippen LogP contribution in [-0.4, -0.2) is 50.8 Å². The molecule has 0 radical (unpaired) electrons. The lowest BCUT2D eigenvalue weighted by Crippen LogP contribution is -2.36. The minimum atomic E-state index is 0.254. The number of aromatic nitrogens is 5. The molecular weight excluding hydrogens is 308 g/mol. The highest BCUT2D eigenvalue weighted by Gasteiger charge is 2.21. The maximum atomic E-state index is 6.08. The van der Waals surface area contributed by atoms with E-state index in [9.17, 15) is 0 Å². The molecule has 0 spiro atoms. The fourth-order valence-corrected chi connectivity index (χ4v) is 2.91. The maximum absolute atomic E-state index is 6.08. The number of morpholine rings is 1. The average Bonchev–Trinajstić information content (AvgIpc) is 3.07. The molecule has 0 aromatic carbocycles. The zero-order valence-corrected chi connectivity index (χ0v) is 13.3. The molecule has 3 aliphatic heterocycles. The smallest absolute Gasteiger partial charge is 0.208 e. The van der Waals surface area contributed by atoms with E-state index in [1.165, 1.54) is 6.33 Å². The lowest BCUT2D eigenvalue weighted by Gasteiger charge is -2.28. The van der Waals surface area contributed by atoms with Crippen LogP contribution in [0.4, 0.5) is 17.6 Å². The first-order valence-corrected chi connectivity index (χ1v) is 7.69. The van der Waals surface area contributed by atoms with Crippen LogP contribution in [0.3, 0.4) is 0 Å². The summed E-state index contributed by atoms with van der Waals surface area (Å²) in [5.74, 6) is 2.02. The number of imidazole rings is 1. The van der Waals surface area contributed by atoms with Gasteiger partial charge < -0.3 is 21.1 Å². The van der Waals surface area contributed by atoms with Crippen LogP contribution in [0.15, 0.2) is 18.6 Å². The normalized spacial score (nSPS) is 15.1. The van der Waals surface area contributed by atoms with Gasteiger partial charge in [0.1, 0.15) is 12.1 Å².